The maximum absolute atomic E-state index is 11.8. The molecular formula is C18H18N2OS. The van der Waals surface area contributed by atoms with Gasteiger partial charge in [-0.25, -0.2) is 4.98 Å². The average Bonchev–Trinajstić information content (AvgIpc) is 2.91. The van der Waals surface area contributed by atoms with Gasteiger partial charge in [-0.15, -0.1) is 11.3 Å². The summed E-state index contributed by atoms with van der Waals surface area (Å²) in [5.74, 6) is 0.421. The maximum Gasteiger partial charge on any atom is 0.224 e. The van der Waals surface area contributed by atoms with E-state index >= 15 is 0 Å². The van der Waals surface area contributed by atoms with Gasteiger partial charge in [0.25, 0.3) is 0 Å². The van der Waals surface area contributed by atoms with E-state index in [0.717, 1.165) is 21.8 Å². The number of rotatable bonds is 4. The zero-order valence-electron chi connectivity index (χ0n) is 12.7. The van der Waals surface area contributed by atoms with E-state index in [1.54, 1.807) is 11.3 Å². The lowest BCUT2D eigenvalue weighted by Crippen LogP contribution is -2.13. The number of carbonyl (C=O) groups is 1. The zero-order valence-corrected chi connectivity index (χ0v) is 13.5. The molecule has 22 heavy (non-hydrogen) atoms. The van der Waals surface area contributed by atoms with E-state index in [4.69, 9.17) is 0 Å². The zero-order chi connectivity index (χ0) is 15.5. The summed E-state index contributed by atoms with van der Waals surface area (Å²) in [6.45, 7) is 4.08. The van der Waals surface area contributed by atoms with Crippen LogP contribution < -0.4 is 5.32 Å². The molecule has 0 unspecified atom stereocenters. The van der Waals surface area contributed by atoms with Crippen LogP contribution >= 0.6 is 11.3 Å². The van der Waals surface area contributed by atoms with Gasteiger partial charge in [-0.1, -0.05) is 26.0 Å². The molecule has 3 rings (SSSR count). The van der Waals surface area contributed by atoms with Gasteiger partial charge in [-0.2, -0.15) is 0 Å². The van der Waals surface area contributed by atoms with Crippen molar-refractivity contribution in [2.45, 2.75) is 20.3 Å². The molecule has 0 atom stereocenters. The number of hydrogen-bond donors (Lipinski definition) is 1. The highest BCUT2D eigenvalue weighted by atomic mass is 32.1. The quantitative estimate of drug-likeness (QED) is 0.741. The van der Waals surface area contributed by atoms with Gasteiger partial charge in [-0.05, 0) is 42.3 Å². The van der Waals surface area contributed by atoms with Crippen molar-refractivity contribution in [2.24, 2.45) is 5.92 Å². The first kappa shape index (κ1) is 14.7. The van der Waals surface area contributed by atoms with Crippen LogP contribution in [-0.2, 0) is 4.79 Å². The van der Waals surface area contributed by atoms with Crippen LogP contribution in [0.1, 0.15) is 20.3 Å². The van der Waals surface area contributed by atoms with E-state index in [1.807, 2.05) is 56.3 Å². The minimum Gasteiger partial charge on any atom is -0.326 e. The fourth-order valence-electron chi connectivity index (χ4n) is 2.27. The SMILES string of the molecule is CC(C)CC(=O)Nc1ccc(-c2nc3ccccc3s2)cc1. The van der Waals surface area contributed by atoms with Crippen molar-refractivity contribution >= 4 is 33.1 Å². The second-order valence-corrected chi connectivity index (χ2v) is 6.74. The molecule has 0 aliphatic carbocycles. The van der Waals surface area contributed by atoms with Crippen LogP contribution in [0.3, 0.4) is 0 Å². The normalized spacial score (nSPS) is 11.0. The molecule has 0 fully saturated rings. The number of nitrogens with zero attached hydrogens (tertiary/aromatic N) is 1. The molecule has 4 heteroatoms. The van der Waals surface area contributed by atoms with Crippen molar-refractivity contribution < 1.29 is 4.79 Å². The van der Waals surface area contributed by atoms with E-state index in [-0.39, 0.29) is 5.91 Å². The molecule has 3 nitrogen and oxygen atoms in total. The number of fused-ring (bicyclic) bond motifs is 1. The number of nitrogens with one attached hydrogen (secondary N) is 1. The van der Waals surface area contributed by atoms with Crippen LogP contribution in [0.2, 0.25) is 0 Å². The molecule has 0 saturated heterocycles. The number of hydrogen-bond acceptors (Lipinski definition) is 3. The summed E-state index contributed by atoms with van der Waals surface area (Å²) >= 11 is 1.68. The molecule has 0 radical (unpaired) electrons. The number of benzene rings is 2. The van der Waals surface area contributed by atoms with Crippen LogP contribution in [0.25, 0.3) is 20.8 Å². The van der Waals surface area contributed by atoms with Gasteiger partial charge < -0.3 is 5.32 Å². The van der Waals surface area contributed by atoms with Gasteiger partial charge in [0.1, 0.15) is 5.01 Å². The van der Waals surface area contributed by atoms with Crippen LogP contribution in [0.15, 0.2) is 48.5 Å². The van der Waals surface area contributed by atoms with Crippen molar-refractivity contribution in [1.29, 1.82) is 0 Å². The highest BCUT2D eigenvalue weighted by molar-refractivity contribution is 7.21. The minimum absolute atomic E-state index is 0.0581. The smallest absolute Gasteiger partial charge is 0.224 e. The van der Waals surface area contributed by atoms with Gasteiger partial charge in [0.2, 0.25) is 5.91 Å². The summed E-state index contributed by atoms with van der Waals surface area (Å²) < 4.78 is 1.19. The standard InChI is InChI=1S/C18H18N2OS/c1-12(2)11-17(21)19-14-9-7-13(8-10-14)18-20-15-5-3-4-6-16(15)22-18/h3-10,12H,11H2,1-2H3,(H,19,21). The first-order valence-corrected chi connectivity index (χ1v) is 8.19. The average molecular weight is 310 g/mol. The third-order valence-electron chi connectivity index (χ3n) is 3.30. The first-order chi connectivity index (χ1) is 10.6. The molecule has 3 aromatic rings. The lowest BCUT2D eigenvalue weighted by molar-refractivity contribution is -0.116. The molecular weight excluding hydrogens is 292 g/mol. The van der Waals surface area contributed by atoms with Crippen molar-refractivity contribution in [3.05, 3.63) is 48.5 Å². The molecule has 0 bridgehead atoms. The number of carbonyl (C=O) groups excluding carboxylic acids is 1. The van der Waals surface area contributed by atoms with Gasteiger partial charge in [-0.3, -0.25) is 4.79 Å². The van der Waals surface area contributed by atoms with Gasteiger partial charge in [0.15, 0.2) is 0 Å². The number of anilines is 1. The number of amides is 1. The predicted molar refractivity (Wildman–Crippen MR) is 93.1 cm³/mol. The Bertz CT molecular complexity index is 757. The van der Waals surface area contributed by atoms with E-state index in [9.17, 15) is 4.79 Å². The van der Waals surface area contributed by atoms with Crippen LogP contribution in [0.4, 0.5) is 5.69 Å². The van der Waals surface area contributed by atoms with E-state index in [1.165, 1.54) is 4.70 Å². The molecule has 0 aliphatic heterocycles. The number of para-hydroxylation sites is 1. The number of aromatic nitrogens is 1. The van der Waals surface area contributed by atoms with Crippen LogP contribution in [0.5, 0.6) is 0 Å². The summed E-state index contributed by atoms with van der Waals surface area (Å²) in [5, 5.41) is 3.92. The second kappa shape index (κ2) is 6.28. The first-order valence-electron chi connectivity index (χ1n) is 7.37. The Morgan fingerprint density at radius 3 is 2.55 bits per heavy atom. The fraction of sp³-hybridized carbons (Fsp3) is 0.222. The van der Waals surface area contributed by atoms with Crippen molar-refractivity contribution in [2.75, 3.05) is 5.32 Å². The van der Waals surface area contributed by atoms with Crippen LogP contribution in [-0.4, -0.2) is 10.9 Å². The molecule has 112 valence electrons. The number of thiazole rings is 1. The predicted octanol–water partition coefficient (Wildman–Crippen LogP) is 4.95. The van der Waals surface area contributed by atoms with Crippen molar-refractivity contribution in [1.82, 2.24) is 4.98 Å². The molecule has 0 saturated carbocycles. The van der Waals surface area contributed by atoms with Crippen molar-refractivity contribution in [3.8, 4) is 10.6 Å². The topological polar surface area (TPSA) is 42.0 Å². The van der Waals surface area contributed by atoms with E-state index in [0.29, 0.717) is 12.3 Å². The maximum atomic E-state index is 11.8. The monoisotopic (exact) mass is 310 g/mol. The Kier molecular flexibility index (Phi) is 4.20. The van der Waals surface area contributed by atoms with Crippen LogP contribution in [0, 0.1) is 5.92 Å². The lowest BCUT2D eigenvalue weighted by atomic mass is 10.1. The molecule has 1 aromatic heterocycles. The minimum atomic E-state index is 0.0581. The summed E-state index contributed by atoms with van der Waals surface area (Å²) in [4.78, 5) is 16.4. The molecule has 2 aromatic carbocycles. The lowest BCUT2D eigenvalue weighted by Gasteiger charge is -2.07. The van der Waals surface area contributed by atoms with Gasteiger partial charge >= 0.3 is 0 Å². The van der Waals surface area contributed by atoms with Gasteiger partial charge in [0, 0.05) is 17.7 Å². The van der Waals surface area contributed by atoms with E-state index in [2.05, 4.69) is 16.4 Å². The summed E-state index contributed by atoms with van der Waals surface area (Å²) in [6, 6.07) is 16.0. The molecule has 1 N–H and O–H groups in total. The Morgan fingerprint density at radius 1 is 1.14 bits per heavy atom. The van der Waals surface area contributed by atoms with Gasteiger partial charge in [0.05, 0.1) is 10.2 Å². The summed E-state index contributed by atoms with van der Waals surface area (Å²) in [6.07, 6.45) is 0.541. The largest absolute Gasteiger partial charge is 0.326 e. The van der Waals surface area contributed by atoms with E-state index < -0.39 is 0 Å². The highest BCUT2D eigenvalue weighted by Gasteiger charge is 2.08. The summed E-state index contributed by atoms with van der Waals surface area (Å²) in [7, 11) is 0. The Balaban J connectivity index is 1.77. The Labute approximate surface area is 134 Å². The highest BCUT2D eigenvalue weighted by Crippen LogP contribution is 2.30. The van der Waals surface area contributed by atoms with Crippen molar-refractivity contribution in [3.63, 3.8) is 0 Å². The Morgan fingerprint density at radius 2 is 1.86 bits per heavy atom. The third-order valence-corrected chi connectivity index (χ3v) is 4.39. The molecule has 1 heterocycles. The summed E-state index contributed by atoms with van der Waals surface area (Å²) in [5.41, 5.74) is 2.93. The molecule has 0 spiro atoms. The molecule has 0 aliphatic rings. The molecule has 1 amide bonds. The second-order valence-electron chi connectivity index (χ2n) is 5.71. The fourth-order valence-corrected chi connectivity index (χ4v) is 3.25. The Hall–Kier alpha value is -2.20. The third kappa shape index (κ3) is 3.34.